The molecule has 6 unspecified atom stereocenters. The Hall–Kier alpha value is -2.87. The van der Waals surface area contributed by atoms with Crippen molar-refractivity contribution in [1.29, 1.82) is 0 Å². The van der Waals surface area contributed by atoms with Crippen LogP contribution in [0, 0.1) is 11.8 Å². The summed E-state index contributed by atoms with van der Waals surface area (Å²) in [6.07, 6.45) is -2.87. The molecule has 2 amide bonds. The van der Waals surface area contributed by atoms with Gasteiger partial charge in [-0.3, -0.25) is 25.5 Å². The molecule has 0 aromatic heterocycles. The molecular weight excluding hydrogens is 896 g/mol. The van der Waals surface area contributed by atoms with E-state index in [2.05, 4.69) is 26.6 Å². The van der Waals surface area contributed by atoms with Gasteiger partial charge < -0.3 is 52.1 Å². The molecule has 0 aliphatic rings. The van der Waals surface area contributed by atoms with E-state index in [4.69, 9.17) is 15.9 Å². The minimum Gasteiger partial charge on any atom is -0.382 e. The Balaban J connectivity index is 0. The number of hydrogen-bond donors (Lipinski definition) is 13. The first-order chi connectivity index (χ1) is 29.2. The molecule has 0 saturated carbocycles. The number of benzene rings is 2. The molecule has 22 heteroatoms. The number of amides is 2. The molecule has 0 aliphatic heterocycles. The zero-order chi connectivity index (χ0) is 48.5. The van der Waals surface area contributed by atoms with E-state index in [1.54, 1.807) is 6.92 Å². The number of nitrogens with two attached hydrogens (primary N) is 1. The lowest BCUT2D eigenvalue weighted by Gasteiger charge is -2.29. The molecular formula is C42H77ClN6O13S2. The third kappa shape index (κ3) is 28.9. The number of carbonyl (C=O) groups excluding carboxylic acids is 2. The van der Waals surface area contributed by atoms with Crippen molar-refractivity contribution in [3.05, 3.63) is 71.8 Å². The van der Waals surface area contributed by atoms with Crippen molar-refractivity contribution < 1.29 is 62.2 Å². The molecule has 2 aromatic rings. The van der Waals surface area contributed by atoms with E-state index < -0.39 is 92.6 Å². The van der Waals surface area contributed by atoms with Crippen LogP contribution in [0.4, 0.5) is 0 Å². The van der Waals surface area contributed by atoms with E-state index in [1.165, 1.54) is 6.92 Å². The largest absolute Gasteiger partial charge is 0.382 e. The molecule has 64 heavy (non-hydrogen) atoms. The Kier molecular flexibility index (Phi) is 32.3. The van der Waals surface area contributed by atoms with Crippen molar-refractivity contribution in [2.24, 2.45) is 17.6 Å². The molecule has 14 N–H and O–H groups in total. The maximum absolute atomic E-state index is 12.4. The van der Waals surface area contributed by atoms with Crippen LogP contribution in [0.3, 0.4) is 0 Å². The van der Waals surface area contributed by atoms with Crippen LogP contribution in [0.1, 0.15) is 90.4 Å². The number of hydrogen-bond acceptors (Lipinski definition) is 17. The maximum atomic E-state index is 12.4. The van der Waals surface area contributed by atoms with Gasteiger partial charge in [-0.25, -0.2) is 16.8 Å². The van der Waals surface area contributed by atoms with E-state index in [9.17, 15) is 52.0 Å². The van der Waals surface area contributed by atoms with E-state index in [0.29, 0.717) is 19.3 Å². The van der Waals surface area contributed by atoms with Gasteiger partial charge in [-0.15, -0.1) is 12.4 Å². The Morgan fingerprint density at radius 2 is 0.969 bits per heavy atom. The summed E-state index contributed by atoms with van der Waals surface area (Å²) in [5.41, 5.74) is 7.73. The van der Waals surface area contributed by atoms with Gasteiger partial charge in [0.2, 0.25) is 0 Å². The highest BCUT2D eigenvalue weighted by molar-refractivity contribution is 7.90. The highest BCUT2D eigenvalue weighted by Gasteiger charge is 2.30. The predicted octanol–water partition coefficient (Wildman–Crippen LogP) is -0.450. The summed E-state index contributed by atoms with van der Waals surface area (Å²) in [4.78, 5) is 24.1. The molecule has 0 heterocycles. The lowest BCUT2D eigenvalue weighted by atomic mass is 10.0. The molecule has 11 atom stereocenters. The topological polar surface area (TPSA) is 330 Å². The van der Waals surface area contributed by atoms with Crippen molar-refractivity contribution in [3.8, 4) is 0 Å². The van der Waals surface area contributed by atoms with E-state index in [-0.39, 0.29) is 49.1 Å². The Morgan fingerprint density at radius 3 is 1.31 bits per heavy atom. The summed E-state index contributed by atoms with van der Waals surface area (Å²) in [6.45, 7) is 10.5. The third-order valence-electron chi connectivity index (χ3n) is 9.53. The van der Waals surface area contributed by atoms with E-state index >= 15 is 0 Å². The number of carbonyl (C=O) groups is 2. The first kappa shape index (κ1) is 63.2. The van der Waals surface area contributed by atoms with Gasteiger partial charge in [0.25, 0.3) is 11.8 Å². The number of sulfone groups is 2. The predicted molar refractivity (Wildman–Crippen MR) is 250 cm³/mol. The monoisotopic (exact) mass is 972 g/mol. The van der Waals surface area contributed by atoms with Crippen LogP contribution < -0.4 is 32.3 Å². The van der Waals surface area contributed by atoms with Crippen LogP contribution in [-0.4, -0.2) is 151 Å². The second kappa shape index (κ2) is 32.7. The highest BCUT2D eigenvalue weighted by atomic mass is 35.5. The summed E-state index contributed by atoms with van der Waals surface area (Å²) in [5.74, 6) is -2.90. The Morgan fingerprint density at radius 1 is 0.594 bits per heavy atom. The van der Waals surface area contributed by atoms with Crippen LogP contribution in [0.25, 0.3) is 0 Å². The molecule has 2 rings (SSSR count). The van der Waals surface area contributed by atoms with Gasteiger partial charge in [-0.2, -0.15) is 0 Å². The fraction of sp³-hybridized carbons (Fsp3) is 0.667. The molecule has 2 aromatic carbocycles. The number of aliphatic hydroxyl groups is 7. The first-order valence-corrected chi connectivity index (χ1v) is 25.2. The molecule has 0 aliphatic carbocycles. The van der Waals surface area contributed by atoms with Crippen LogP contribution >= 0.6 is 12.4 Å². The third-order valence-corrected chi connectivity index (χ3v) is 11.8. The van der Waals surface area contributed by atoms with Gasteiger partial charge in [-0.05, 0) is 37.8 Å². The second-order valence-electron chi connectivity index (χ2n) is 16.0. The minimum absolute atomic E-state index is 0. The van der Waals surface area contributed by atoms with Crippen LogP contribution in [0.5, 0.6) is 0 Å². The van der Waals surface area contributed by atoms with E-state index in [1.807, 2.05) is 88.4 Å². The average molecular weight is 974 g/mol. The van der Waals surface area contributed by atoms with Crippen molar-refractivity contribution in [2.75, 3.05) is 37.1 Å². The standard InChI is InChI=1S/C21H37N3O6S.C16H27N3O3.C5H12O4S.ClH/c1-5-9-17(24-20(27)14(2)13-31(4,29)30)19(26)21(28)22-12-18(25)23-15(3)16-10-7-6-8-11-16;1-3-7-13(17)15(21)16(22)18-10-14(20)19-11(2)12-8-5-4-6-9-12;1-4(5(6)7)3-10(2,8)9;/h6-8,10-11,14-15,17-20,23-27H,5,9,12-13H2,1-4H3,(H,22,28);4-6,8-9,11,13-15,19-21H,3,7,10,17H2,1-2H3,(H,18,22);4-7H,3H2,1-2H3;1H/t14?,15-,17?,18-,19?,20+;11-,13?,14-,15?;;/m11../s1. The van der Waals surface area contributed by atoms with Gasteiger partial charge >= 0.3 is 0 Å². The quantitative estimate of drug-likeness (QED) is 0.0531. The molecule has 0 spiro atoms. The van der Waals surface area contributed by atoms with E-state index in [0.717, 1.165) is 30.1 Å². The van der Waals surface area contributed by atoms with Crippen LogP contribution in [0.2, 0.25) is 0 Å². The summed E-state index contributed by atoms with van der Waals surface area (Å²) in [5, 5.41) is 81.2. The fourth-order valence-electron chi connectivity index (χ4n) is 6.00. The van der Waals surface area contributed by atoms with Gasteiger partial charge in [0.15, 0.2) is 6.29 Å². The number of halogens is 1. The SMILES string of the molecule is CC(CS(C)(=O)=O)C(O)O.CCCC(N)C(O)C(=O)NC[C@@H](O)N[C@H](C)c1ccccc1.CCCC(N[C@@H](O)C(C)CS(C)(=O)=O)C(O)C(=O)NC[C@@H](O)N[C@H](C)c1ccccc1.Cl. The summed E-state index contributed by atoms with van der Waals surface area (Å²) < 4.78 is 43.9. The maximum Gasteiger partial charge on any atom is 0.250 e. The molecule has 0 fully saturated rings. The van der Waals surface area contributed by atoms with Gasteiger partial charge in [-0.1, -0.05) is 101 Å². The highest BCUT2D eigenvalue weighted by Crippen LogP contribution is 2.13. The van der Waals surface area contributed by atoms with Gasteiger partial charge in [0.05, 0.1) is 24.6 Å². The molecule has 19 nitrogen and oxygen atoms in total. The second-order valence-corrected chi connectivity index (χ2v) is 20.4. The smallest absolute Gasteiger partial charge is 0.250 e. The van der Waals surface area contributed by atoms with Crippen LogP contribution in [0.15, 0.2) is 60.7 Å². The zero-order valence-electron chi connectivity index (χ0n) is 38.2. The number of nitrogens with one attached hydrogen (secondary N) is 5. The molecule has 0 bridgehead atoms. The van der Waals surface area contributed by atoms with Crippen molar-refractivity contribution in [2.45, 2.75) is 129 Å². The fourth-order valence-corrected chi connectivity index (χ4v) is 8.27. The minimum atomic E-state index is -3.28. The van der Waals surface area contributed by atoms with Gasteiger partial charge in [0, 0.05) is 48.5 Å². The van der Waals surface area contributed by atoms with Crippen molar-refractivity contribution in [3.63, 3.8) is 0 Å². The Bertz CT molecular complexity index is 1770. The normalized spacial score (nSPS) is 16.8. The Labute approximate surface area is 386 Å². The molecule has 0 radical (unpaired) electrons. The summed E-state index contributed by atoms with van der Waals surface area (Å²) >= 11 is 0. The lowest BCUT2D eigenvalue weighted by molar-refractivity contribution is -0.132. The van der Waals surface area contributed by atoms with Gasteiger partial charge in [0.1, 0.15) is 50.6 Å². The molecule has 0 saturated heterocycles. The average Bonchev–Trinajstić information content (AvgIpc) is 3.21. The summed E-state index contributed by atoms with van der Waals surface area (Å²) in [6, 6.07) is 17.7. The first-order valence-electron chi connectivity index (χ1n) is 21.0. The van der Waals surface area contributed by atoms with Crippen molar-refractivity contribution in [1.82, 2.24) is 26.6 Å². The number of aliphatic hydroxyl groups excluding tert-OH is 6. The zero-order valence-corrected chi connectivity index (χ0v) is 40.7. The lowest BCUT2D eigenvalue weighted by Crippen LogP contribution is -2.54. The number of rotatable bonds is 26. The van der Waals surface area contributed by atoms with Crippen LogP contribution in [-0.2, 0) is 29.3 Å². The molecule has 372 valence electrons. The van der Waals surface area contributed by atoms with Crippen molar-refractivity contribution >= 4 is 43.9 Å². The summed E-state index contributed by atoms with van der Waals surface area (Å²) in [7, 11) is -6.37.